The van der Waals surface area contributed by atoms with Crippen molar-refractivity contribution < 1.29 is 4.79 Å². The van der Waals surface area contributed by atoms with Crippen molar-refractivity contribution in [2.75, 3.05) is 13.1 Å². The third-order valence-corrected chi connectivity index (χ3v) is 3.87. The van der Waals surface area contributed by atoms with Gasteiger partial charge in [-0.3, -0.25) is 10.1 Å². The van der Waals surface area contributed by atoms with E-state index in [4.69, 9.17) is 0 Å². The van der Waals surface area contributed by atoms with Gasteiger partial charge in [-0.1, -0.05) is 45.4 Å². The molecule has 1 amide bonds. The maximum Gasteiger partial charge on any atom is 0.255 e. The van der Waals surface area contributed by atoms with Crippen molar-refractivity contribution in [1.29, 1.82) is 0 Å². The Kier molecular flexibility index (Phi) is 5.18. The summed E-state index contributed by atoms with van der Waals surface area (Å²) in [5.41, 5.74) is 2.00. The van der Waals surface area contributed by atoms with Crippen molar-refractivity contribution >= 4 is 5.91 Å². The van der Waals surface area contributed by atoms with Gasteiger partial charge < -0.3 is 4.90 Å². The summed E-state index contributed by atoms with van der Waals surface area (Å²) in [5, 5.41) is 3.55. The normalized spacial score (nSPS) is 17.9. The molecule has 1 atom stereocenters. The SMILES string of the molecule is CCCCNC1c2ccccc2C(=O)N1CCC(C)C. The number of nitrogens with zero attached hydrogens (tertiary/aromatic N) is 1. The van der Waals surface area contributed by atoms with Gasteiger partial charge in [0.25, 0.3) is 5.91 Å². The lowest BCUT2D eigenvalue weighted by Crippen LogP contribution is -2.38. The number of benzene rings is 1. The van der Waals surface area contributed by atoms with Crippen LogP contribution in [-0.4, -0.2) is 23.9 Å². The minimum absolute atomic E-state index is 0.0593. The fourth-order valence-electron chi connectivity index (χ4n) is 2.63. The van der Waals surface area contributed by atoms with E-state index >= 15 is 0 Å². The highest BCUT2D eigenvalue weighted by atomic mass is 16.2. The highest BCUT2D eigenvalue weighted by Gasteiger charge is 2.35. The molecule has 3 nitrogen and oxygen atoms in total. The summed E-state index contributed by atoms with van der Waals surface area (Å²) in [7, 11) is 0. The van der Waals surface area contributed by atoms with E-state index in [0.717, 1.165) is 37.1 Å². The Hall–Kier alpha value is -1.35. The van der Waals surface area contributed by atoms with Crippen LogP contribution in [0.4, 0.5) is 0 Å². The number of hydrogen-bond acceptors (Lipinski definition) is 2. The number of amides is 1. The van der Waals surface area contributed by atoms with Crippen LogP contribution in [0.25, 0.3) is 0 Å². The van der Waals surface area contributed by atoms with E-state index in [-0.39, 0.29) is 12.1 Å². The van der Waals surface area contributed by atoms with Crippen LogP contribution in [0.5, 0.6) is 0 Å². The number of nitrogens with one attached hydrogen (secondary N) is 1. The highest BCUT2D eigenvalue weighted by molar-refractivity contribution is 5.99. The topological polar surface area (TPSA) is 32.3 Å². The molecule has 1 aliphatic heterocycles. The second-order valence-corrected chi connectivity index (χ2v) is 5.98. The second-order valence-electron chi connectivity index (χ2n) is 5.98. The summed E-state index contributed by atoms with van der Waals surface area (Å²) in [4.78, 5) is 14.5. The summed E-state index contributed by atoms with van der Waals surface area (Å²) in [6.45, 7) is 8.38. The number of carbonyl (C=O) groups is 1. The average Bonchev–Trinajstić information content (AvgIpc) is 2.70. The third-order valence-electron chi connectivity index (χ3n) is 3.87. The van der Waals surface area contributed by atoms with Gasteiger partial charge in [0.1, 0.15) is 6.17 Å². The average molecular weight is 274 g/mol. The maximum absolute atomic E-state index is 12.5. The molecule has 110 valence electrons. The molecular formula is C17H26N2O. The lowest BCUT2D eigenvalue weighted by molar-refractivity contribution is 0.0685. The van der Waals surface area contributed by atoms with Crippen molar-refractivity contribution in [3.63, 3.8) is 0 Å². The largest absolute Gasteiger partial charge is 0.319 e. The first-order chi connectivity index (χ1) is 9.65. The zero-order valence-corrected chi connectivity index (χ0v) is 12.9. The summed E-state index contributed by atoms with van der Waals surface area (Å²) >= 11 is 0. The molecule has 1 aromatic rings. The molecule has 0 radical (unpaired) electrons. The molecule has 1 unspecified atom stereocenters. The van der Waals surface area contributed by atoms with Crippen LogP contribution in [0.3, 0.4) is 0 Å². The van der Waals surface area contributed by atoms with E-state index in [0.29, 0.717) is 5.92 Å². The van der Waals surface area contributed by atoms with Gasteiger partial charge in [0.05, 0.1) is 0 Å². The predicted molar refractivity (Wildman–Crippen MR) is 82.6 cm³/mol. The van der Waals surface area contributed by atoms with Gasteiger partial charge in [-0.05, 0) is 31.4 Å². The van der Waals surface area contributed by atoms with Gasteiger partial charge in [0, 0.05) is 17.7 Å². The summed E-state index contributed by atoms with van der Waals surface area (Å²) < 4.78 is 0. The molecule has 1 aliphatic rings. The Balaban J connectivity index is 2.14. The van der Waals surface area contributed by atoms with Gasteiger partial charge in [0.2, 0.25) is 0 Å². The molecule has 0 saturated carbocycles. The van der Waals surface area contributed by atoms with Gasteiger partial charge in [-0.2, -0.15) is 0 Å². The monoisotopic (exact) mass is 274 g/mol. The smallest absolute Gasteiger partial charge is 0.255 e. The molecule has 0 spiro atoms. The zero-order chi connectivity index (χ0) is 14.5. The molecule has 3 heteroatoms. The quantitative estimate of drug-likeness (QED) is 0.771. The Morgan fingerprint density at radius 3 is 2.75 bits per heavy atom. The van der Waals surface area contributed by atoms with Gasteiger partial charge >= 0.3 is 0 Å². The number of fused-ring (bicyclic) bond motifs is 1. The minimum Gasteiger partial charge on any atom is -0.319 e. The Bertz CT molecular complexity index is 456. The summed E-state index contributed by atoms with van der Waals surface area (Å²) in [6.07, 6.45) is 3.42. The van der Waals surface area contributed by atoms with Crippen LogP contribution in [0, 0.1) is 5.92 Å². The summed E-state index contributed by atoms with van der Waals surface area (Å²) in [6, 6.07) is 7.99. The second kappa shape index (κ2) is 6.89. The van der Waals surface area contributed by atoms with E-state index in [2.05, 4.69) is 32.2 Å². The molecule has 20 heavy (non-hydrogen) atoms. The van der Waals surface area contributed by atoms with Crippen LogP contribution in [0.15, 0.2) is 24.3 Å². The van der Waals surface area contributed by atoms with Crippen LogP contribution in [-0.2, 0) is 0 Å². The summed E-state index contributed by atoms with van der Waals surface area (Å²) in [5.74, 6) is 0.790. The van der Waals surface area contributed by atoms with Crippen molar-refractivity contribution in [2.45, 2.75) is 46.2 Å². The number of hydrogen-bond donors (Lipinski definition) is 1. The number of carbonyl (C=O) groups excluding carboxylic acids is 1. The van der Waals surface area contributed by atoms with Crippen LogP contribution in [0.1, 0.15) is 62.1 Å². The first-order valence-corrected chi connectivity index (χ1v) is 7.78. The molecule has 0 fully saturated rings. The number of rotatable bonds is 7. The lowest BCUT2D eigenvalue weighted by atomic mass is 10.1. The molecular weight excluding hydrogens is 248 g/mol. The molecule has 1 heterocycles. The standard InChI is InChI=1S/C17H26N2O/c1-4-5-11-18-16-14-8-6-7-9-15(14)17(20)19(16)12-10-13(2)3/h6-9,13,16,18H,4-5,10-12H2,1-3H3. The van der Waals surface area contributed by atoms with E-state index in [9.17, 15) is 4.79 Å². The Morgan fingerprint density at radius 2 is 2.05 bits per heavy atom. The predicted octanol–water partition coefficient (Wildman–Crippen LogP) is 3.58. The molecule has 0 bridgehead atoms. The third kappa shape index (κ3) is 3.21. The van der Waals surface area contributed by atoms with Gasteiger partial charge in [0.15, 0.2) is 0 Å². The number of unbranched alkanes of at least 4 members (excludes halogenated alkanes) is 1. The molecule has 0 saturated heterocycles. The molecule has 1 N–H and O–H groups in total. The van der Waals surface area contributed by atoms with Crippen LogP contribution in [0.2, 0.25) is 0 Å². The highest BCUT2D eigenvalue weighted by Crippen LogP contribution is 2.31. The lowest BCUT2D eigenvalue weighted by Gasteiger charge is -2.27. The van der Waals surface area contributed by atoms with Crippen molar-refractivity contribution in [3.8, 4) is 0 Å². The van der Waals surface area contributed by atoms with E-state index < -0.39 is 0 Å². The molecule has 0 aliphatic carbocycles. The van der Waals surface area contributed by atoms with Crippen LogP contribution < -0.4 is 5.32 Å². The fraction of sp³-hybridized carbons (Fsp3) is 0.588. The van der Waals surface area contributed by atoms with E-state index in [1.165, 1.54) is 6.42 Å². The van der Waals surface area contributed by atoms with Gasteiger partial charge in [-0.15, -0.1) is 0 Å². The molecule has 2 rings (SSSR count). The van der Waals surface area contributed by atoms with Crippen molar-refractivity contribution in [2.24, 2.45) is 5.92 Å². The van der Waals surface area contributed by atoms with Crippen LogP contribution >= 0.6 is 0 Å². The Labute approximate surface area is 122 Å². The minimum atomic E-state index is 0.0593. The van der Waals surface area contributed by atoms with Crippen molar-refractivity contribution in [1.82, 2.24) is 10.2 Å². The van der Waals surface area contributed by atoms with E-state index in [1.807, 2.05) is 23.1 Å². The first-order valence-electron chi connectivity index (χ1n) is 7.78. The van der Waals surface area contributed by atoms with Crippen molar-refractivity contribution in [3.05, 3.63) is 35.4 Å². The molecule has 0 aromatic heterocycles. The van der Waals surface area contributed by atoms with Gasteiger partial charge in [-0.25, -0.2) is 0 Å². The van der Waals surface area contributed by atoms with E-state index in [1.54, 1.807) is 0 Å². The Morgan fingerprint density at radius 1 is 1.30 bits per heavy atom. The maximum atomic E-state index is 12.5. The first kappa shape index (κ1) is 15.0. The molecule has 1 aromatic carbocycles. The zero-order valence-electron chi connectivity index (χ0n) is 12.9. The fourth-order valence-corrected chi connectivity index (χ4v) is 2.63.